The first kappa shape index (κ1) is 20.6. The van der Waals surface area contributed by atoms with Crippen LogP contribution in [0.4, 0.5) is 0 Å². The molecular weight excluding hydrogens is 464 g/mol. The van der Waals surface area contributed by atoms with Crippen LogP contribution in [0.25, 0.3) is 20.4 Å². The van der Waals surface area contributed by atoms with Crippen LogP contribution >= 0.6 is 34.4 Å². The molecule has 7 nitrogen and oxygen atoms in total. The average molecular weight is 487 g/mol. The molecule has 0 saturated carbocycles. The van der Waals surface area contributed by atoms with Gasteiger partial charge < -0.3 is 9.72 Å². The summed E-state index contributed by atoms with van der Waals surface area (Å²) < 4.78 is 8.27. The molecule has 5 heterocycles. The van der Waals surface area contributed by atoms with E-state index in [9.17, 15) is 9.59 Å². The van der Waals surface area contributed by atoms with Gasteiger partial charge in [0.15, 0.2) is 5.16 Å². The minimum absolute atomic E-state index is 0.0425. The van der Waals surface area contributed by atoms with E-state index in [2.05, 4.69) is 9.97 Å². The third-order valence-corrected chi connectivity index (χ3v) is 9.23. The minimum atomic E-state index is -0.119. The second-order valence-corrected chi connectivity index (χ2v) is 11.2. The van der Waals surface area contributed by atoms with Gasteiger partial charge in [0.2, 0.25) is 0 Å². The first-order valence-corrected chi connectivity index (χ1v) is 13.6. The standard InChI is InChI=1S/C22H22N4O3S3/c27-19-18-14(7-9-30-18)23-16(24-19)11-31-22-25-20-17(13-5-1-2-6-15(13)32-20)21(28)26(22)10-12-4-3-8-29-12/h7,9,12H,1-6,8,10-11H2,(H,23,24,27). The van der Waals surface area contributed by atoms with Gasteiger partial charge in [0, 0.05) is 11.5 Å². The molecule has 0 amide bonds. The molecule has 1 fully saturated rings. The van der Waals surface area contributed by atoms with E-state index >= 15 is 0 Å². The highest BCUT2D eigenvalue weighted by Crippen LogP contribution is 2.35. The number of thiophene rings is 2. The summed E-state index contributed by atoms with van der Waals surface area (Å²) in [6, 6.07) is 1.86. The average Bonchev–Trinajstić information content (AvgIpc) is 3.54. The first-order valence-electron chi connectivity index (χ1n) is 10.9. The lowest BCUT2D eigenvalue weighted by atomic mass is 9.97. The molecule has 6 rings (SSSR count). The highest BCUT2D eigenvalue weighted by atomic mass is 32.2. The monoisotopic (exact) mass is 486 g/mol. The predicted octanol–water partition coefficient (Wildman–Crippen LogP) is 4.11. The first-order chi connectivity index (χ1) is 15.7. The van der Waals surface area contributed by atoms with E-state index in [-0.39, 0.29) is 17.2 Å². The fourth-order valence-electron chi connectivity index (χ4n) is 4.61. The summed E-state index contributed by atoms with van der Waals surface area (Å²) in [5, 5.41) is 3.35. The summed E-state index contributed by atoms with van der Waals surface area (Å²) in [5.74, 6) is 1.03. The molecule has 32 heavy (non-hydrogen) atoms. The molecule has 1 aliphatic heterocycles. The summed E-state index contributed by atoms with van der Waals surface area (Å²) >= 11 is 4.51. The Labute approximate surface area is 195 Å². The number of nitrogens with zero attached hydrogens (tertiary/aromatic N) is 3. The van der Waals surface area contributed by atoms with Crippen LogP contribution in [0.3, 0.4) is 0 Å². The molecule has 1 atom stereocenters. The summed E-state index contributed by atoms with van der Waals surface area (Å²) in [6.45, 7) is 1.26. The van der Waals surface area contributed by atoms with E-state index in [1.807, 2.05) is 11.4 Å². The van der Waals surface area contributed by atoms with Gasteiger partial charge >= 0.3 is 0 Å². The fraction of sp³-hybridized carbons (Fsp3) is 0.455. The Kier molecular flexibility index (Phi) is 5.41. The number of hydrogen-bond acceptors (Lipinski definition) is 8. The topological polar surface area (TPSA) is 89.9 Å². The fourth-order valence-corrected chi connectivity index (χ4v) is 7.51. The molecule has 4 aromatic rings. The molecule has 166 valence electrons. The Hall–Kier alpha value is -2.01. The zero-order valence-electron chi connectivity index (χ0n) is 17.4. The molecule has 0 bridgehead atoms. The van der Waals surface area contributed by atoms with E-state index in [0.717, 1.165) is 48.9 Å². The van der Waals surface area contributed by atoms with Crippen LogP contribution in [0.2, 0.25) is 0 Å². The zero-order chi connectivity index (χ0) is 21.7. The van der Waals surface area contributed by atoms with Gasteiger partial charge in [0.05, 0.1) is 29.3 Å². The van der Waals surface area contributed by atoms with Gasteiger partial charge in [-0.1, -0.05) is 11.8 Å². The van der Waals surface area contributed by atoms with Gasteiger partial charge in [-0.2, -0.15) is 0 Å². The molecule has 0 aromatic carbocycles. The highest BCUT2D eigenvalue weighted by Gasteiger charge is 2.25. The number of nitrogens with one attached hydrogen (secondary N) is 1. The van der Waals surface area contributed by atoms with Crippen molar-refractivity contribution >= 4 is 54.9 Å². The lowest BCUT2D eigenvalue weighted by molar-refractivity contribution is 0.0937. The molecule has 0 radical (unpaired) electrons. The van der Waals surface area contributed by atoms with Gasteiger partial charge in [-0.3, -0.25) is 14.2 Å². The van der Waals surface area contributed by atoms with Crippen molar-refractivity contribution in [3.8, 4) is 0 Å². The number of aromatic nitrogens is 4. The van der Waals surface area contributed by atoms with E-state index in [4.69, 9.17) is 9.72 Å². The number of aromatic amines is 1. The van der Waals surface area contributed by atoms with Gasteiger partial charge in [-0.25, -0.2) is 9.97 Å². The number of ether oxygens (including phenoxy) is 1. The van der Waals surface area contributed by atoms with Crippen molar-refractivity contribution in [3.63, 3.8) is 0 Å². The maximum atomic E-state index is 13.7. The lowest BCUT2D eigenvalue weighted by Gasteiger charge is -2.16. The van der Waals surface area contributed by atoms with Crippen LogP contribution in [0.5, 0.6) is 0 Å². The quantitative estimate of drug-likeness (QED) is 0.337. The zero-order valence-corrected chi connectivity index (χ0v) is 19.8. The van der Waals surface area contributed by atoms with Gasteiger partial charge in [-0.05, 0) is 55.5 Å². The summed E-state index contributed by atoms with van der Waals surface area (Å²) in [5.41, 5.74) is 1.84. The Bertz CT molecular complexity index is 1430. The lowest BCUT2D eigenvalue weighted by Crippen LogP contribution is -2.29. The molecule has 10 heteroatoms. The van der Waals surface area contributed by atoms with Gasteiger partial charge in [0.25, 0.3) is 11.1 Å². The van der Waals surface area contributed by atoms with E-state index < -0.39 is 0 Å². The van der Waals surface area contributed by atoms with Crippen molar-refractivity contribution in [2.45, 2.75) is 62.1 Å². The Morgan fingerprint density at radius 3 is 3.00 bits per heavy atom. The van der Waals surface area contributed by atoms with Crippen molar-refractivity contribution in [2.75, 3.05) is 6.61 Å². The van der Waals surface area contributed by atoms with Gasteiger partial charge in [0.1, 0.15) is 15.4 Å². The predicted molar refractivity (Wildman–Crippen MR) is 129 cm³/mol. The third-order valence-electron chi connectivity index (χ3n) is 6.15. The van der Waals surface area contributed by atoms with Crippen molar-refractivity contribution in [2.24, 2.45) is 0 Å². The maximum Gasteiger partial charge on any atom is 0.268 e. The van der Waals surface area contributed by atoms with Crippen molar-refractivity contribution < 1.29 is 4.74 Å². The molecule has 4 aromatic heterocycles. The molecule has 1 aliphatic carbocycles. The van der Waals surface area contributed by atoms with Crippen LogP contribution in [-0.4, -0.2) is 32.2 Å². The number of rotatable bonds is 5. The molecule has 1 N–H and O–H groups in total. The number of aryl methyl sites for hydroxylation is 2. The van der Waals surface area contributed by atoms with Crippen LogP contribution < -0.4 is 11.1 Å². The molecule has 2 aliphatic rings. The van der Waals surface area contributed by atoms with Crippen LogP contribution in [0.1, 0.15) is 41.9 Å². The number of thioether (sulfide) groups is 1. The Balaban J connectivity index is 1.40. The van der Waals surface area contributed by atoms with Gasteiger partial charge in [-0.15, -0.1) is 22.7 Å². The Morgan fingerprint density at radius 2 is 2.12 bits per heavy atom. The molecule has 1 saturated heterocycles. The van der Waals surface area contributed by atoms with Crippen LogP contribution in [0.15, 0.2) is 26.2 Å². The van der Waals surface area contributed by atoms with Crippen LogP contribution in [-0.2, 0) is 29.9 Å². The number of hydrogen-bond donors (Lipinski definition) is 1. The number of fused-ring (bicyclic) bond motifs is 4. The van der Waals surface area contributed by atoms with Crippen molar-refractivity contribution in [1.82, 2.24) is 19.5 Å². The number of H-pyrrole nitrogens is 1. The largest absolute Gasteiger partial charge is 0.376 e. The SMILES string of the molecule is O=c1[nH]c(CSc2nc3sc4c(c3c(=O)n2CC2CCCO2)CCCC4)nc2ccsc12. The summed E-state index contributed by atoms with van der Waals surface area (Å²) in [6.07, 6.45) is 6.33. The van der Waals surface area contributed by atoms with E-state index in [1.165, 1.54) is 40.0 Å². The van der Waals surface area contributed by atoms with Crippen molar-refractivity contribution in [3.05, 3.63) is 48.4 Å². The molecule has 0 spiro atoms. The minimum Gasteiger partial charge on any atom is -0.376 e. The van der Waals surface area contributed by atoms with E-state index in [0.29, 0.717) is 33.5 Å². The smallest absolute Gasteiger partial charge is 0.268 e. The normalized spacial score (nSPS) is 18.6. The third kappa shape index (κ3) is 3.63. The van der Waals surface area contributed by atoms with E-state index in [1.54, 1.807) is 15.9 Å². The van der Waals surface area contributed by atoms with Crippen LogP contribution in [0, 0.1) is 0 Å². The molecular formula is C22H22N4O3S3. The second-order valence-electron chi connectivity index (χ2n) is 8.27. The summed E-state index contributed by atoms with van der Waals surface area (Å²) in [7, 11) is 0. The Morgan fingerprint density at radius 1 is 1.22 bits per heavy atom. The highest BCUT2D eigenvalue weighted by molar-refractivity contribution is 7.98. The van der Waals surface area contributed by atoms with Crippen molar-refractivity contribution in [1.29, 1.82) is 0 Å². The summed E-state index contributed by atoms with van der Waals surface area (Å²) in [4.78, 5) is 40.5. The maximum absolute atomic E-state index is 13.7. The second kappa shape index (κ2) is 8.40. The molecule has 1 unspecified atom stereocenters.